The highest BCUT2D eigenvalue weighted by molar-refractivity contribution is 5.88. The topological polar surface area (TPSA) is 51.5 Å². The van der Waals surface area contributed by atoms with Gasteiger partial charge in [0.2, 0.25) is 0 Å². The summed E-state index contributed by atoms with van der Waals surface area (Å²) in [5.74, 6) is -0.186. The average Bonchev–Trinajstić information content (AvgIpc) is 3.14. The van der Waals surface area contributed by atoms with Gasteiger partial charge in [0.25, 0.3) is 0 Å². The molecule has 1 heterocycles. The lowest BCUT2D eigenvalue weighted by molar-refractivity contribution is -0.136. The number of allylic oxidation sites excluding steroid dienone is 4. The number of carboxylic acid groups (broad SMARTS) is 1. The van der Waals surface area contributed by atoms with E-state index in [-0.39, 0.29) is 6.42 Å². The van der Waals surface area contributed by atoms with Crippen molar-refractivity contribution in [3.05, 3.63) is 108 Å². The first-order chi connectivity index (χ1) is 16.0. The van der Waals surface area contributed by atoms with Crippen molar-refractivity contribution in [3.63, 3.8) is 0 Å². The number of hydrogen-bond donors (Lipinski definition) is 1. The Kier molecular flexibility index (Phi) is 10.2. The Balaban J connectivity index is 0.00000187. The number of fused-ring (bicyclic) bond motifs is 1. The molecule has 4 heteroatoms. The molecule has 174 valence electrons. The van der Waals surface area contributed by atoms with E-state index < -0.39 is 5.97 Å². The molecule has 4 nitrogen and oxygen atoms in total. The molecule has 0 aliphatic rings. The molecule has 3 rings (SSSR count). The summed E-state index contributed by atoms with van der Waals surface area (Å²) in [4.78, 5) is 11.2. The lowest BCUT2D eigenvalue weighted by Crippen LogP contribution is -2.03. The molecule has 3 aromatic rings. The highest BCUT2D eigenvalue weighted by Gasteiger charge is 2.11. The van der Waals surface area contributed by atoms with Crippen LogP contribution in [0.3, 0.4) is 0 Å². The Morgan fingerprint density at radius 1 is 1.09 bits per heavy atom. The van der Waals surface area contributed by atoms with Crippen LogP contribution in [-0.2, 0) is 28.9 Å². The van der Waals surface area contributed by atoms with Crippen LogP contribution in [0.1, 0.15) is 37.6 Å². The Bertz CT molecular complexity index is 1120. The van der Waals surface area contributed by atoms with E-state index in [0.717, 1.165) is 34.2 Å². The summed E-state index contributed by atoms with van der Waals surface area (Å²) < 4.78 is 7.96. The fourth-order valence-corrected chi connectivity index (χ4v) is 3.62. The van der Waals surface area contributed by atoms with Gasteiger partial charge in [0.05, 0.1) is 13.0 Å². The quantitative estimate of drug-likeness (QED) is 0.273. The van der Waals surface area contributed by atoms with Gasteiger partial charge in [0, 0.05) is 29.6 Å². The number of carboxylic acids is 1. The first kappa shape index (κ1) is 25.7. The Labute approximate surface area is 197 Å². The van der Waals surface area contributed by atoms with Gasteiger partial charge in [0.1, 0.15) is 5.76 Å². The fraction of sp³-hybridized carbons (Fsp3) is 0.276. The van der Waals surface area contributed by atoms with E-state index >= 15 is 0 Å². The van der Waals surface area contributed by atoms with Gasteiger partial charge in [-0.25, -0.2) is 0 Å². The van der Waals surface area contributed by atoms with Crippen molar-refractivity contribution in [2.24, 2.45) is 0 Å². The van der Waals surface area contributed by atoms with Crippen LogP contribution in [-0.4, -0.2) is 22.2 Å². The molecule has 0 unspecified atom stereocenters. The molecule has 0 radical (unpaired) electrons. The number of nitrogens with zero attached hydrogens (tertiary/aromatic N) is 1. The van der Waals surface area contributed by atoms with Crippen molar-refractivity contribution < 1.29 is 14.6 Å². The van der Waals surface area contributed by atoms with E-state index in [1.165, 1.54) is 5.56 Å². The zero-order chi connectivity index (χ0) is 24.2. The lowest BCUT2D eigenvalue weighted by Gasteiger charge is -2.10. The highest BCUT2D eigenvalue weighted by atomic mass is 16.5. The third kappa shape index (κ3) is 7.53. The van der Waals surface area contributed by atoms with Gasteiger partial charge in [-0.2, -0.15) is 0 Å². The van der Waals surface area contributed by atoms with Crippen LogP contribution in [0.25, 0.3) is 10.9 Å². The molecule has 0 spiro atoms. The minimum absolute atomic E-state index is 0.0251. The van der Waals surface area contributed by atoms with Crippen molar-refractivity contribution in [1.82, 2.24) is 4.57 Å². The van der Waals surface area contributed by atoms with Crippen LogP contribution in [0, 0.1) is 6.92 Å². The van der Waals surface area contributed by atoms with Crippen LogP contribution < -0.4 is 0 Å². The van der Waals surface area contributed by atoms with E-state index in [4.69, 9.17) is 4.74 Å². The number of carbonyl (C=O) groups is 1. The van der Waals surface area contributed by atoms with E-state index in [9.17, 15) is 9.90 Å². The number of aliphatic carboxylic acids is 1. The largest absolute Gasteiger partial charge is 0.494 e. The molecule has 1 N–H and O–H groups in total. The number of aromatic nitrogens is 1. The number of aryl methyl sites for hydroxylation is 1. The summed E-state index contributed by atoms with van der Waals surface area (Å²) in [6.07, 6.45) is 6.86. The van der Waals surface area contributed by atoms with Gasteiger partial charge in [-0.15, -0.1) is 0 Å². The Morgan fingerprint density at radius 2 is 1.82 bits per heavy atom. The van der Waals surface area contributed by atoms with Crippen molar-refractivity contribution in [2.45, 2.75) is 47.1 Å². The van der Waals surface area contributed by atoms with Crippen LogP contribution in [0.2, 0.25) is 0 Å². The van der Waals surface area contributed by atoms with Crippen LogP contribution >= 0.6 is 0 Å². The molecule has 0 bridgehead atoms. The maximum atomic E-state index is 11.2. The van der Waals surface area contributed by atoms with Gasteiger partial charge in [-0.3, -0.25) is 4.79 Å². The van der Waals surface area contributed by atoms with Crippen molar-refractivity contribution >= 4 is 16.9 Å². The Morgan fingerprint density at radius 3 is 2.48 bits per heavy atom. The Hall–Kier alpha value is -3.53. The summed E-state index contributed by atoms with van der Waals surface area (Å²) >= 11 is 0. The summed E-state index contributed by atoms with van der Waals surface area (Å²) in [6.45, 7) is 13.3. The van der Waals surface area contributed by atoms with Crippen molar-refractivity contribution in [1.29, 1.82) is 0 Å². The normalized spacial score (nSPS) is 11.3. The molecule has 0 atom stereocenters. The second-order valence-corrected chi connectivity index (χ2v) is 7.54. The predicted molar refractivity (Wildman–Crippen MR) is 137 cm³/mol. The van der Waals surface area contributed by atoms with Gasteiger partial charge in [0.15, 0.2) is 0 Å². The first-order valence-electron chi connectivity index (χ1n) is 11.5. The minimum atomic E-state index is -0.819. The van der Waals surface area contributed by atoms with E-state index in [2.05, 4.69) is 35.4 Å². The van der Waals surface area contributed by atoms with E-state index in [1.54, 1.807) is 0 Å². The number of benzene rings is 2. The second kappa shape index (κ2) is 13.1. The molecule has 0 fully saturated rings. The summed E-state index contributed by atoms with van der Waals surface area (Å²) in [6, 6.07) is 18.1. The van der Waals surface area contributed by atoms with Gasteiger partial charge >= 0.3 is 5.97 Å². The van der Waals surface area contributed by atoms with Crippen LogP contribution in [0.15, 0.2) is 90.7 Å². The molecule has 0 aliphatic carbocycles. The average molecular weight is 446 g/mol. The minimum Gasteiger partial charge on any atom is -0.494 e. The van der Waals surface area contributed by atoms with Crippen molar-refractivity contribution in [2.75, 3.05) is 6.61 Å². The summed E-state index contributed by atoms with van der Waals surface area (Å²) in [5, 5.41) is 10.2. The second-order valence-electron chi connectivity index (χ2n) is 7.54. The maximum Gasteiger partial charge on any atom is 0.307 e. The smallest absolute Gasteiger partial charge is 0.307 e. The first-order valence-corrected chi connectivity index (χ1v) is 11.5. The molecule has 2 aromatic carbocycles. The van der Waals surface area contributed by atoms with Crippen LogP contribution in [0.5, 0.6) is 0 Å². The third-order valence-electron chi connectivity index (χ3n) is 5.30. The van der Waals surface area contributed by atoms with E-state index in [1.807, 2.05) is 76.2 Å². The predicted octanol–water partition coefficient (Wildman–Crippen LogP) is 6.88. The summed E-state index contributed by atoms with van der Waals surface area (Å²) in [5.41, 5.74) is 5.34. The van der Waals surface area contributed by atoms with Gasteiger partial charge < -0.3 is 14.4 Å². The van der Waals surface area contributed by atoms with E-state index in [0.29, 0.717) is 18.9 Å². The number of hydrogen-bond acceptors (Lipinski definition) is 2. The zero-order valence-electron chi connectivity index (χ0n) is 20.2. The lowest BCUT2D eigenvalue weighted by atomic mass is 10.1. The summed E-state index contributed by atoms with van der Waals surface area (Å²) in [7, 11) is 0. The van der Waals surface area contributed by atoms with Gasteiger partial charge in [-0.1, -0.05) is 75.0 Å². The molecule has 0 aliphatic heterocycles. The number of ether oxygens (including phenoxy) is 1. The van der Waals surface area contributed by atoms with Crippen molar-refractivity contribution in [3.8, 4) is 0 Å². The molecule has 0 saturated heterocycles. The standard InChI is InChI=1S/C27H29NO3.C2H6/c1-4-22(14-13-21(3)31-16-15-23-9-6-5-7-10-23)19-28-20(2)17-25-24(18-27(29)30)11-8-12-26(25)28;1-2/h4-14,17H,3,15-16,18-19H2,1-2H3,(H,29,30);1-2H3/b14-13-,22-4+;. The zero-order valence-corrected chi connectivity index (χ0v) is 20.2. The maximum absolute atomic E-state index is 11.2. The third-order valence-corrected chi connectivity index (χ3v) is 5.30. The molecule has 0 amide bonds. The molecular formula is C29H35NO3. The molecule has 1 aromatic heterocycles. The van der Waals surface area contributed by atoms with Crippen LogP contribution in [0.4, 0.5) is 0 Å². The SMILES string of the molecule is C=C(/C=C\C(=C/C)Cn1c(C)cc2c(CC(=O)O)cccc21)OCCc1ccccc1.CC. The monoisotopic (exact) mass is 445 g/mol. The molecule has 0 saturated carbocycles. The highest BCUT2D eigenvalue weighted by Crippen LogP contribution is 2.25. The number of rotatable bonds is 10. The fourth-order valence-electron chi connectivity index (χ4n) is 3.62. The molecular weight excluding hydrogens is 410 g/mol. The molecule has 33 heavy (non-hydrogen) atoms. The van der Waals surface area contributed by atoms with Gasteiger partial charge in [-0.05, 0) is 48.8 Å².